The number of aliphatic hydroxyl groups excluding tert-OH is 1. The second-order valence-corrected chi connectivity index (χ2v) is 12.5. The molecule has 4 aliphatic rings. The molecular formula is C20H32Br2O3. The van der Waals surface area contributed by atoms with Crippen LogP contribution in [0.4, 0.5) is 0 Å². The van der Waals surface area contributed by atoms with Gasteiger partial charge < -0.3 is 14.9 Å². The summed E-state index contributed by atoms with van der Waals surface area (Å²) < 4.78 is 6.15. The molecule has 0 spiro atoms. The number of hydrogen-bond acceptors (Lipinski definition) is 3. The molecule has 4 rings (SSSR count). The van der Waals surface area contributed by atoms with Gasteiger partial charge in [0.2, 0.25) is 0 Å². The number of aliphatic hydroxyl groups is 2. The third kappa shape index (κ3) is 2.73. The SMILES string of the molecule is CC1(C)C[C@@](O)(C[C@@H]2CC[C@]34C(O)O[C@](C)(CC[C@@H]3Br)[C@@H]24)CC[C@@H]1Br. The van der Waals surface area contributed by atoms with E-state index in [1.165, 1.54) is 0 Å². The highest BCUT2D eigenvalue weighted by atomic mass is 79.9. The maximum absolute atomic E-state index is 11.4. The molecule has 0 amide bonds. The van der Waals surface area contributed by atoms with E-state index in [1.807, 2.05) is 0 Å². The molecule has 0 aromatic rings. The fourth-order valence-corrected chi connectivity index (χ4v) is 8.46. The van der Waals surface area contributed by atoms with E-state index in [9.17, 15) is 10.2 Å². The third-order valence-electron chi connectivity index (χ3n) is 8.11. The smallest absolute Gasteiger partial charge is 0.162 e. The Hall–Kier alpha value is 0.840. The minimum absolute atomic E-state index is 0.118. The normalized spacial score (nSPS) is 57.5. The molecule has 25 heavy (non-hydrogen) atoms. The number of hydrogen-bond donors (Lipinski definition) is 2. The van der Waals surface area contributed by atoms with Crippen LogP contribution in [0.5, 0.6) is 0 Å². The first-order valence-electron chi connectivity index (χ1n) is 9.89. The van der Waals surface area contributed by atoms with Crippen molar-refractivity contribution in [3.05, 3.63) is 0 Å². The van der Waals surface area contributed by atoms with Gasteiger partial charge in [-0.3, -0.25) is 0 Å². The van der Waals surface area contributed by atoms with Crippen LogP contribution in [0.25, 0.3) is 0 Å². The molecule has 8 atom stereocenters. The lowest BCUT2D eigenvalue weighted by Crippen LogP contribution is -2.51. The summed E-state index contributed by atoms with van der Waals surface area (Å²) in [5, 5.41) is 22.2. The first-order valence-corrected chi connectivity index (χ1v) is 11.7. The highest BCUT2D eigenvalue weighted by molar-refractivity contribution is 9.09. The Morgan fingerprint density at radius 3 is 2.36 bits per heavy atom. The van der Waals surface area contributed by atoms with Crippen molar-refractivity contribution in [3.8, 4) is 0 Å². The van der Waals surface area contributed by atoms with Gasteiger partial charge in [-0.2, -0.15) is 0 Å². The number of halogens is 2. The summed E-state index contributed by atoms with van der Waals surface area (Å²) >= 11 is 7.70. The Kier molecular flexibility index (Phi) is 4.54. The van der Waals surface area contributed by atoms with Gasteiger partial charge in [0.1, 0.15) is 0 Å². The summed E-state index contributed by atoms with van der Waals surface area (Å²) in [6, 6.07) is 0. The zero-order chi connectivity index (χ0) is 18.3. The van der Waals surface area contributed by atoms with Crippen LogP contribution in [-0.4, -0.2) is 37.4 Å². The lowest BCUT2D eigenvalue weighted by atomic mass is 9.59. The molecule has 3 saturated carbocycles. The van der Waals surface area contributed by atoms with E-state index in [1.54, 1.807) is 0 Å². The Labute approximate surface area is 168 Å². The standard InChI is InChI=1S/C20H32Br2O3/c1-17(2)11-19(24,8-6-13(17)21)10-12-4-9-20-14(22)5-7-18(3,15(12)20)25-16(20)23/h12-16,23-24H,4-11H2,1-3H3/t12-,13-,14-,15+,16?,18+,19-,20-/m0/s1. The summed E-state index contributed by atoms with van der Waals surface area (Å²) in [4.78, 5) is 0.806. The molecule has 2 bridgehead atoms. The van der Waals surface area contributed by atoms with Gasteiger partial charge in [0.15, 0.2) is 6.29 Å². The summed E-state index contributed by atoms with van der Waals surface area (Å²) in [5.74, 6) is 0.789. The maximum Gasteiger partial charge on any atom is 0.162 e. The molecule has 3 aliphatic carbocycles. The zero-order valence-corrected chi connectivity index (χ0v) is 18.8. The molecule has 144 valence electrons. The van der Waals surface area contributed by atoms with Crippen molar-refractivity contribution in [2.24, 2.45) is 22.7 Å². The van der Waals surface area contributed by atoms with E-state index in [0.29, 0.717) is 21.5 Å². The third-order valence-corrected chi connectivity index (χ3v) is 11.1. The van der Waals surface area contributed by atoms with E-state index in [0.717, 1.165) is 51.4 Å². The van der Waals surface area contributed by atoms with Crippen molar-refractivity contribution < 1.29 is 14.9 Å². The van der Waals surface area contributed by atoms with E-state index in [4.69, 9.17) is 4.74 Å². The van der Waals surface area contributed by atoms with Crippen molar-refractivity contribution in [1.82, 2.24) is 0 Å². The summed E-state index contributed by atoms with van der Waals surface area (Å²) in [7, 11) is 0. The quantitative estimate of drug-likeness (QED) is 0.561. The van der Waals surface area contributed by atoms with Gasteiger partial charge in [0, 0.05) is 21.0 Å². The van der Waals surface area contributed by atoms with Gasteiger partial charge in [-0.25, -0.2) is 0 Å². The second kappa shape index (κ2) is 5.92. The number of ether oxygens (including phenoxy) is 1. The first-order chi connectivity index (χ1) is 11.5. The molecule has 1 saturated heterocycles. The molecule has 0 aromatic heterocycles. The lowest BCUT2D eigenvalue weighted by molar-refractivity contribution is -0.157. The van der Waals surface area contributed by atoms with Crippen molar-refractivity contribution >= 4 is 31.9 Å². The fraction of sp³-hybridized carbons (Fsp3) is 1.00. The van der Waals surface area contributed by atoms with Crippen LogP contribution in [0.3, 0.4) is 0 Å². The lowest BCUT2D eigenvalue weighted by Gasteiger charge is -2.49. The first kappa shape index (κ1) is 19.2. The Morgan fingerprint density at radius 1 is 1.00 bits per heavy atom. The van der Waals surface area contributed by atoms with E-state index in [2.05, 4.69) is 52.6 Å². The topological polar surface area (TPSA) is 49.7 Å². The highest BCUT2D eigenvalue weighted by Crippen LogP contribution is 2.69. The van der Waals surface area contributed by atoms with Gasteiger partial charge >= 0.3 is 0 Å². The van der Waals surface area contributed by atoms with Crippen LogP contribution in [-0.2, 0) is 4.74 Å². The Morgan fingerprint density at radius 2 is 1.68 bits per heavy atom. The molecule has 1 aliphatic heterocycles. The van der Waals surface area contributed by atoms with E-state index >= 15 is 0 Å². The van der Waals surface area contributed by atoms with Gasteiger partial charge in [0.25, 0.3) is 0 Å². The van der Waals surface area contributed by atoms with Crippen molar-refractivity contribution in [1.29, 1.82) is 0 Å². The molecule has 0 aromatic carbocycles. The minimum Gasteiger partial charge on any atom is -0.390 e. The van der Waals surface area contributed by atoms with Gasteiger partial charge in [-0.1, -0.05) is 45.7 Å². The number of alkyl halides is 2. The average Bonchev–Trinajstić information content (AvgIpc) is 2.96. The van der Waals surface area contributed by atoms with Crippen molar-refractivity contribution in [2.75, 3.05) is 0 Å². The monoisotopic (exact) mass is 478 g/mol. The average molecular weight is 480 g/mol. The molecule has 1 unspecified atom stereocenters. The predicted octanol–water partition coefficient (Wildman–Crippen LogP) is 4.76. The molecule has 2 N–H and O–H groups in total. The van der Waals surface area contributed by atoms with Crippen LogP contribution >= 0.6 is 31.9 Å². The van der Waals surface area contributed by atoms with Crippen molar-refractivity contribution in [3.63, 3.8) is 0 Å². The fourth-order valence-electron chi connectivity index (χ4n) is 7.10. The van der Waals surface area contributed by atoms with Gasteiger partial charge in [-0.05, 0) is 69.6 Å². The predicted molar refractivity (Wildman–Crippen MR) is 106 cm³/mol. The minimum atomic E-state index is -0.663. The van der Waals surface area contributed by atoms with Crippen LogP contribution in [0.15, 0.2) is 0 Å². The second-order valence-electron chi connectivity index (χ2n) is 10.3. The molecule has 3 nitrogen and oxygen atoms in total. The Balaban J connectivity index is 1.59. The molecular weight excluding hydrogens is 448 g/mol. The maximum atomic E-state index is 11.4. The molecule has 1 heterocycles. The largest absolute Gasteiger partial charge is 0.390 e. The van der Waals surface area contributed by atoms with Gasteiger partial charge in [0.05, 0.1) is 11.2 Å². The van der Waals surface area contributed by atoms with Crippen LogP contribution in [0.2, 0.25) is 0 Å². The van der Waals surface area contributed by atoms with E-state index in [-0.39, 0.29) is 16.4 Å². The summed E-state index contributed by atoms with van der Waals surface area (Å²) in [6.07, 6.45) is 7.12. The number of rotatable bonds is 2. The van der Waals surface area contributed by atoms with E-state index < -0.39 is 11.9 Å². The summed E-state index contributed by atoms with van der Waals surface area (Å²) in [5.41, 5.74) is -0.851. The van der Waals surface area contributed by atoms with Crippen LogP contribution in [0.1, 0.15) is 72.1 Å². The molecule has 4 fully saturated rings. The van der Waals surface area contributed by atoms with Crippen molar-refractivity contribution in [2.45, 2.75) is 99.3 Å². The summed E-state index contributed by atoms with van der Waals surface area (Å²) in [6.45, 7) is 6.72. The molecule has 5 heteroatoms. The van der Waals surface area contributed by atoms with Gasteiger partial charge in [-0.15, -0.1) is 0 Å². The van der Waals surface area contributed by atoms with Crippen LogP contribution in [0, 0.1) is 22.7 Å². The Bertz CT molecular complexity index is 555. The zero-order valence-electron chi connectivity index (χ0n) is 15.6. The molecule has 0 radical (unpaired) electrons. The highest BCUT2D eigenvalue weighted by Gasteiger charge is 2.71. The van der Waals surface area contributed by atoms with Crippen LogP contribution < -0.4 is 0 Å².